The first-order chi connectivity index (χ1) is 15.5. The molecule has 3 heterocycles. The highest BCUT2D eigenvalue weighted by Crippen LogP contribution is 2.37. The Balaban J connectivity index is 1.43. The molecule has 32 heavy (non-hydrogen) atoms. The summed E-state index contributed by atoms with van der Waals surface area (Å²) in [4.78, 5) is 33.5. The topological polar surface area (TPSA) is 116 Å². The predicted molar refractivity (Wildman–Crippen MR) is 118 cm³/mol. The van der Waals surface area contributed by atoms with Crippen LogP contribution in [0.5, 0.6) is 0 Å². The maximum atomic E-state index is 13.5. The molecule has 2 aliphatic rings. The number of fused-ring (bicyclic) bond motifs is 1. The van der Waals surface area contributed by atoms with E-state index in [0.29, 0.717) is 37.3 Å². The molecule has 2 aliphatic heterocycles. The number of carbonyl (C=O) groups is 2. The third-order valence-corrected chi connectivity index (χ3v) is 6.17. The molecule has 5 rings (SSSR count). The van der Waals surface area contributed by atoms with E-state index in [1.54, 1.807) is 24.5 Å². The molecule has 3 N–H and O–H groups in total. The van der Waals surface area contributed by atoms with Gasteiger partial charge in [0.15, 0.2) is 0 Å². The maximum Gasteiger partial charge on any atom is 0.338 e. The van der Waals surface area contributed by atoms with Crippen molar-refractivity contribution in [2.45, 2.75) is 24.9 Å². The second-order valence-corrected chi connectivity index (χ2v) is 8.00. The van der Waals surface area contributed by atoms with Crippen molar-refractivity contribution in [3.63, 3.8) is 0 Å². The lowest BCUT2D eigenvalue weighted by atomic mass is 9.73. The molecule has 162 valence electrons. The van der Waals surface area contributed by atoms with Gasteiger partial charge in [-0.1, -0.05) is 30.3 Å². The Morgan fingerprint density at radius 2 is 1.72 bits per heavy atom. The van der Waals surface area contributed by atoms with Gasteiger partial charge in [-0.3, -0.25) is 4.79 Å². The van der Waals surface area contributed by atoms with Gasteiger partial charge in [0.2, 0.25) is 11.9 Å². The monoisotopic (exact) mass is 430 g/mol. The number of rotatable bonds is 4. The van der Waals surface area contributed by atoms with Gasteiger partial charge in [0.1, 0.15) is 6.61 Å². The zero-order valence-electron chi connectivity index (χ0n) is 17.3. The van der Waals surface area contributed by atoms with Crippen LogP contribution in [-0.2, 0) is 26.3 Å². The summed E-state index contributed by atoms with van der Waals surface area (Å²) in [5, 5.41) is 3.02. The summed E-state index contributed by atoms with van der Waals surface area (Å²) in [7, 11) is 0. The first-order valence-electron chi connectivity index (χ1n) is 10.4. The van der Waals surface area contributed by atoms with Crippen molar-refractivity contribution in [3.05, 3.63) is 71.5 Å². The van der Waals surface area contributed by atoms with Crippen molar-refractivity contribution in [1.82, 2.24) is 9.97 Å². The fourth-order valence-electron chi connectivity index (χ4n) is 4.28. The minimum absolute atomic E-state index is 0.115. The number of benzene rings is 2. The summed E-state index contributed by atoms with van der Waals surface area (Å²) in [6, 6.07) is 13.2. The number of nitrogen functional groups attached to an aromatic ring is 1. The van der Waals surface area contributed by atoms with Crippen molar-refractivity contribution in [2.75, 3.05) is 24.3 Å². The lowest BCUT2D eigenvalue weighted by Gasteiger charge is -2.36. The van der Waals surface area contributed by atoms with Crippen LogP contribution in [0.1, 0.15) is 34.3 Å². The standard InChI is InChI=1S/C24H22N4O4/c25-23-26-12-17(13-27-23)15-1-4-18(5-2-15)24(7-9-31-10-8-24)22(30)28-19-6-3-16-14-32-21(29)20(16)11-19/h1-6,11-13H,7-10,14H2,(H,28,30)(H2,25,26,27). The molecule has 1 amide bonds. The lowest BCUT2D eigenvalue weighted by molar-refractivity contribution is -0.125. The molecular formula is C24H22N4O4. The number of amides is 1. The second kappa shape index (κ2) is 8.05. The molecule has 8 nitrogen and oxygen atoms in total. The minimum Gasteiger partial charge on any atom is -0.457 e. The average Bonchev–Trinajstić information content (AvgIpc) is 3.20. The van der Waals surface area contributed by atoms with E-state index in [0.717, 1.165) is 22.3 Å². The Hall–Kier alpha value is -3.78. The fraction of sp³-hybridized carbons (Fsp3) is 0.250. The summed E-state index contributed by atoms with van der Waals surface area (Å²) in [6.45, 7) is 1.27. The van der Waals surface area contributed by atoms with Gasteiger partial charge >= 0.3 is 5.97 Å². The average molecular weight is 430 g/mol. The van der Waals surface area contributed by atoms with Crippen molar-refractivity contribution < 1.29 is 19.1 Å². The van der Waals surface area contributed by atoms with Gasteiger partial charge in [0.25, 0.3) is 0 Å². The van der Waals surface area contributed by atoms with Crippen molar-refractivity contribution in [1.29, 1.82) is 0 Å². The van der Waals surface area contributed by atoms with E-state index in [9.17, 15) is 9.59 Å². The maximum absolute atomic E-state index is 13.5. The molecule has 8 heteroatoms. The van der Waals surface area contributed by atoms with Crippen LogP contribution in [0.3, 0.4) is 0 Å². The number of hydrogen-bond donors (Lipinski definition) is 2. The molecule has 0 atom stereocenters. The van der Waals surface area contributed by atoms with Crippen LogP contribution in [0.2, 0.25) is 0 Å². The number of hydrogen-bond acceptors (Lipinski definition) is 7. The Bertz CT molecular complexity index is 1170. The Labute approximate surface area is 184 Å². The van der Waals surface area contributed by atoms with Crippen LogP contribution in [0.15, 0.2) is 54.9 Å². The Morgan fingerprint density at radius 1 is 1.00 bits per heavy atom. The van der Waals surface area contributed by atoms with Crippen LogP contribution < -0.4 is 11.1 Å². The van der Waals surface area contributed by atoms with Gasteiger partial charge in [-0.05, 0) is 36.1 Å². The van der Waals surface area contributed by atoms with Crippen LogP contribution in [0, 0.1) is 0 Å². The van der Waals surface area contributed by atoms with Crippen LogP contribution in [-0.4, -0.2) is 35.1 Å². The van der Waals surface area contributed by atoms with Crippen LogP contribution in [0.25, 0.3) is 11.1 Å². The number of nitrogens with two attached hydrogens (primary N) is 1. The van der Waals surface area contributed by atoms with Crippen molar-refractivity contribution in [2.24, 2.45) is 0 Å². The molecule has 0 radical (unpaired) electrons. The fourth-order valence-corrected chi connectivity index (χ4v) is 4.28. The molecule has 1 aromatic heterocycles. The first kappa shape index (κ1) is 20.1. The SMILES string of the molecule is Nc1ncc(-c2ccc(C3(C(=O)Nc4ccc5c(c4)C(=O)OC5)CCOCC3)cc2)cn1. The third kappa shape index (κ3) is 3.58. The molecule has 3 aromatic rings. The summed E-state index contributed by atoms with van der Waals surface area (Å²) in [6.07, 6.45) is 4.48. The molecule has 0 spiro atoms. The first-order valence-corrected chi connectivity index (χ1v) is 10.4. The highest BCUT2D eigenvalue weighted by molar-refractivity contribution is 6.01. The number of esters is 1. The number of cyclic esters (lactones) is 1. The van der Waals surface area contributed by atoms with E-state index in [4.69, 9.17) is 15.2 Å². The number of carbonyl (C=O) groups excluding carboxylic acids is 2. The molecule has 0 aliphatic carbocycles. The highest BCUT2D eigenvalue weighted by Gasteiger charge is 2.42. The zero-order chi connectivity index (χ0) is 22.1. The molecule has 0 bridgehead atoms. The van der Waals surface area contributed by atoms with Gasteiger partial charge in [0.05, 0.1) is 11.0 Å². The smallest absolute Gasteiger partial charge is 0.338 e. The molecule has 2 aromatic carbocycles. The third-order valence-electron chi connectivity index (χ3n) is 6.17. The van der Waals surface area contributed by atoms with E-state index in [1.165, 1.54) is 0 Å². The zero-order valence-corrected chi connectivity index (χ0v) is 17.3. The van der Waals surface area contributed by atoms with Gasteiger partial charge < -0.3 is 20.5 Å². The van der Waals surface area contributed by atoms with E-state index >= 15 is 0 Å². The quantitative estimate of drug-likeness (QED) is 0.611. The molecule has 0 saturated carbocycles. The summed E-state index contributed by atoms with van der Waals surface area (Å²) < 4.78 is 10.6. The van der Waals surface area contributed by atoms with Crippen molar-refractivity contribution in [3.8, 4) is 11.1 Å². The van der Waals surface area contributed by atoms with Crippen molar-refractivity contribution >= 4 is 23.5 Å². The predicted octanol–water partition coefficient (Wildman–Crippen LogP) is 3.08. The molecule has 1 fully saturated rings. The lowest BCUT2D eigenvalue weighted by Crippen LogP contribution is -2.44. The Morgan fingerprint density at radius 3 is 2.44 bits per heavy atom. The number of nitrogens with zero attached hydrogens (tertiary/aromatic N) is 2. The van der Waals surface area contributed by atoms with Crippen LogP contribution >= 0.6 is 0 Å². The number of ether oxygens (including phenoxy) is 2. The summed E-state index contributed by atoms with van der Waals surface area (Å²) in [5.74, 6) is -0.252. The number of nitrogens with one attached hydrogen (secondary N) is 1. The normalized spacial score (nSPS) is 16.8. The van der Waals surface area contributed by atoms with Gasteiger partial charge in [-0.15, -0.1) is 0 Å². The largest absolute Gasteiger partial charge is 0.457 e. The Kier molecular flexibility index (Phi) is 5.07. The molecule has 1 saturated heterocycles. The number of anilines is 2. The number of aromatic nitrogens is 2. The summed E-state index contributed by atoms with van der Waals surface area (Å²) >= 11 is 0. The van der Waals surface area contributed by atoms with E-state index in [-0.39, 0.29) is 24.4 Å². The second-order valence-electron chi connectivity index (χ2n) is 8.00. The van der Waals surface area contributed by atoms with Gasteiger partial charge in [-0.2, -0.15) is 0 Å². The minimum atomic E-state index is -0.728. The van der Waals surface area contributed by atoms with Crippen LogP contribution in [0.4, 0.5) is 11.6 Å². The molecule has 0 unspecified atom stereocenters. The van der Waals surface area contributed by atoms with Gasteiger partial charge in [-0.25, -0.2) is 14.8 Å². The molecular weight excluding hydrogens is 408 g/mol. The van der Waals surface area contributed by atoms with Gasteiger partial charge in [0, 0.05) is 42.4 Å². The van der Waals surface area contributed by atoms with E-state index < -0.39 is 5.41 Å². The van der Waals surface area contributed by atoms with E-state index in [1.807, 2.05) is 30.3 Å². The highest BCUT2D eigenvalue weighted by atomic mass is 16.5. The van der Waals surface area contributed by atoms with E-state index in [2.05, 4.69) is 15.3 Å². The summed E-state index contributed by atoms with van der Waals surface area (Å²) in [5.41, 5.74) is 9.45.